The molecule has 0 radical (unpaired) electrons. The summed E-state index contributed by atoms with van der Waals surface area (Å²) in [6.07, 6.45) is 6.21. The molecular formula is C15H19N5O2. The van der Waals surface area contributed by atoms with Gasteiger partial charge in [0.1, 0.15) is 0 Å². The van der Waals surface area contributed by atoms with E-state index in [4.69, 9.17) is 0 Å². The summed E-state index contributed by atoms with van der Waals surface area (Å²) in [7, 11) is 1.67. The van der Waals surface area contributed by atoms with Crippen molar-refractivity contribution in [1.82, 2.24) is 19.2 Å². The fraction of sp³-hybridized carbons (Fsp3) is 0.400. The molecule has 0 saturated carbocycles. The second-order valence-electron chi connectivity index (χ2n) is 5.62. The van der Waals surface area contributed by atoms with Crippen molar-refractivity contribution in [1.29, 1.82) is 0 Å². The summed E-state index contributed by atoms with van der Waals surface area (Å²) in [4.78, 5) is 25.7. The minimum absolute atomic E-state index is 0.0876. The summed E-state index contributed by atoms with van der Waals surface area (Å²) in [5.74, 6) is 0. The third-order valence-corrected chi connectivity index (χ3v) is 4.03. The standard InChI is InChI=1S/C15H19N5O2/c1-11-8-14(21)18(2)10-13(11)17-15(22)19-7-4-12(9-19)20-6-3-5-16-20/h3,5-6,8,10,12H,4,7,9H2,1-2H3,(H,17,22). The first-order valence-corrected chi connectivity index (χ1v) is 7.27. The summed E-state index contributed by atoms with van der Waals surface area (Å²) in [5, 5.41) is 7.12. The lowest BCUT2D eigenvalue weighted by Crippen LogP contribution is -2.34. The van der Waals surface area contributed by atoms with Crippen molar-refractivity contribution < 1.29 is 4.79 Å². The monoisotopic (exact) mass is 301 g/mol. The lowest BCUT2D eigenvalue weighted by atomic mass is 10.2. The number of nitrogens with zero attached hydrogens (tertiary/aromatic N) is 4. The van der Waals surface area contributed by atoms with Crippen molar-refractivity contribution in [3.63, 3.8) is 0 Å². The predicted molar refractivity (Wildman–Crippen MR) is 82.9 cm³/mol. The Morgan fingerprint density at radius 3 is 3.00 bits per heavy atom. The van der Waals surface area contributed by atoms with Crippen LogP contribution in [0.3, 0.4) is 0 Å². The lowest BCUT2D eigenvalue weighted by Gasteiger charge is -2.18. The molecular weight excluding hydrogens is 282 g/mol. The van der Waals surface area contributed by atoms with Crippen LogP contribution in [-0.2, 0) is 7.05 Å². The Bertz CT molecular complexity index is 735. The van der Waals surface area contributed by atoms with Crippen molar-refractivity contribution in [3.8, 4) is 0 Å². The Hall–Kier alpha value is -2.57. The first-order chi connectivity index (χ1) is 10.5. The van der Waals surface area contributed by atoms with E-state index in [9.17, 15) is 9.59 Å². The molecule has 1 atom stereocenters. The van der Waals surface area contributed by atoms with Gasteiger partial charge in [-0.25, -0.2) is 4.79 Å². The minimum atomic E-state index is -0.142. The number of likely N-dealkylation sites (tertiary alicyclic amines) is 1. The maximum absolute atomic E-state index is 12.4. The number of carbonyl (C=O) groups is 1. The molecule has 1 aliphatic heterocycles. The highest BCUT2D eigenvalue weighted by Crippen LogP contribution is 2.21. The number of carbonyl (C=O) groups excluding carboxylic acids is 1. The van der Waals surface area contributed by atoms with Gasteiger partial charge in [-0.1, -0.05) is 0 Å². The second kappa shape index (κ2) is 5.67. The van der Waals surface area contributed by atoms with Gasteiger partial charge in [-0.2, -0.15) is 5.10 Å². The molecule has 7 nitrogen and oxygen atoms in total. The zero-order chi connectivity index (χ0) is 15.7. The van der Waals surface area contributed by atoms with Gasteiger partial charge >= 0.3 is 6.03 Å². The molecule has 1 N–H and O–H groups in total. The van der Waals surface area contributed by atoms with Crippen LogP contribution in [0.15, 0.2) is 35.5 Å². The van der Waals surface area contributed by atoms with E-state index in [1.54, 1.807) is 24.3 Å². The van der Waals surface area contributed by atoms with Crippen LogP contribution in [0.1, 0.15) is 18.0 Å². The van der Waals surface area contributed by atoms with Crippen molar-refractivity contribution in [2.24, 2.45) is 7.05 Å². The summed E-state index contributed by atoms with van der Waals surface area (Å²) < 4.78 is 3.35. The number of amides is 2. The number of anilines is 1. The molecule has 116 valence electrons. The average molecular weight is 301 g/mol. The number of hydrogen-bond acceptors (Lipinski definition) is 3. The van der Waals surface area contributed by atoms with Crippen LogP contribution in [0.2, 0.25) is 0 Å². The zero-order valence-electron chi connectivity index (χ0n) is 12.7. The van der Waals surface area contributed by atoms with Gasteiger partial charge in [0.15, 0.2) is 0 Å². The molecule has 0 aliphatic carbocycles. The van der Waals surface area contributed by atoms with Crippen LogP contribution in [-0.4, -0.2) is 38.4 Å². The molecule has 0 bridgehead atoms. The fourth-order valence-electron chi connectivity index (χ4n) is 2.69. The maximum atomic E-state index is 12.4. The normalized spacial score (nSPS) is 17.7. The summed E-state index contributed by atoms with van der Waals surface area (Å²) in [6, 6.07) is 3.49. The van der Waals surface area contributed by atoms with E-state index in [-0.39, 0.29) is 17.6 Å². The van der Waals surface area contributed by atoms with Crippen LogP contribution in [0.5, 0.6) is 0 Å². The fourth-order valence-corrected chi connectivity index (χ4v) is 2.69. The van der Waals surface area contributed by atoms with Gasteiger partial charge < -0.3 is 14.8 Å². The third-order valence-electron chi connectivity index (χ3n) is 4.03. The highest BCUT2D eigenvalue weighted by Gasteiger charge is 2.27. The van der Waals surface area contributed by atoms with Crippen molar-refractivity contribution in [2.75, 3.05) is 18.4 Å². The number of aromatic nitrogens is 3. The molecule has 3 rings (SSSR count). The van der Waals surface area contributed by atoms with Gasteiger partial charge in [-0.3, -0.25) is 9.48 Å². The summed E-state index contributed by atoms with van der Waals surface area (Å²) in [5.41, 5.74) is 1.34. The molecule has 2 aromatic heterocycles. The van der Waals surface area contributed by atoms with E-state index < -0.39 is 0 Å². The van der Waals surface area contributed by atoms with Crippen molar-refractivity contribution >= 4 is 11.7 Å². The van der Waals surface area contributed by atoms with Crippen LogP contribution < -0.4 is 10.9 Å². The SMILES string of the molecule is Cc1cc(=O)n(C)cc1NC(=O)N1CCC(n2cccn2)C1. The van der Waals surface area contributed by atoms with Gasteiger partial charge in [-0.15, -0.1) is 0 Å². The zero-order valence-corrected chi connectivity index (χ0v) is 12.7. The van der Waals surface area contributed by atoms with Gasteiger partial charge in [0.25, 0.3) is 5.56 Å². The van der Waals surface area contributed by atoms with Crippen molar-refractivity contribution in [2.45, 2.75) is 19.4 Å². The van der Waals surface area contributed by atoms with E-state index in [1.807, 2.05) is 23.9 Å². The number of hydrogen-bond donors (Lipinski definition) is 1. The number of nitrogens with one attached hydrogen (secondary N) is 1. The smallest absolute Gasteiger partial charge is 0.321 e. The summed E-state index contributed by atoms with van der Waals surface area (Å²) in [6.45, 7) is 3.15. The topological polar surface area (TPSA) is 72.2 Å². The van der Waals surface area contributed by atoms with Crippen LogP contribution in [0, 0.1) is 6.92 Å². The molecule has 0 aromatic carbocycles. The molecule has 1 unspecified atom stereocenters. The molecule has 1 saturated heterocycles. The molecule has 0 spiro atoms. The number of aryl methyl sites for hydroxylation is 2. The molecule has 2 aromatic rings. The molecule has 7 heteroatoms. The number of urea groups is 1. The van der Waals surface area contributed by atoms with E-state index >= 15 is 0 Å². The third kappa shape index (κ3) is 2.74. The van der Waals surface area contributed by atoms with Crippen molar-refractivity contribution in [3.05, 3.63) is 46.6 Å². The molecule has 22 heavy (non-hydrogen) atoms. The lowest BCUT2D eigenvalue weighted by molar-refractivity contribution is 0.220. The Morgan fingerprint density at radius 1 is 1.45 bits per heavy atom. The number of pyridine rings is 1. The molecule has 2 amide bonds. The number of rotatable bonds is 2. The maximum Gasteiger partial charge on any atom is 0.321 e. The molecule has 1 aliphatic rings. The Morgan fingerprint density at radius 2 is 2.27 bits per heavy atom. The van der Waals surface area contributed by atoms with E-state index in [1.165, 1.54) is 10.6 Å². The van der Waals surface area contributed by atoms with Gasteiger partial charge in [0.2, 0.25) is 0 Å². The van der Waals surface area contributed by atoms with Crippen LogP contribution in [0.25, 0.3) is 0 Å². The first-order valence-electron chi connectivity index (χ1n) is 7.27. The highest BCUT2D eigenvalue weighted by molar-refractivity contribution is 5.90. The van der Waals surface area contributed by atoms with Gasteiger partial charge in [0, 0.05) is 44.8 Å². The van der Waals surface area contributed by atoms with Gasteiger partial charge in [0.05, 0.1) is 11.7 Å². The molecule has 3 heterocycles. The Balaban J connectivity index is 1.68. The minimum Gasteiger partial charge on any atom is -0.322 e. The first kappa shape index (κ1) is 14.4. The van der Waals surface area contributed by atoms with Crippen LogP contribution in [0.4, 0.5) is 10.5 Å². The Kier molecular flexibility index (Phi) is 3.70. The quantitative estimate of drug-likeness (QED) is 0.910. The van der Waals surface area contributed by atoms with Gasteiger partial charge in [-0.05, 0) is 25.0 Å². The Labute approximate surface area is 128 Å². The molecule has 1 fully saturated rings. The van der Waals surface area contributed by atoms with E-state index in [0.29, 0.717) is 18.8 Å². The van der Waals surface area contributed by atoms with E-state index in [0.717, 1.165) is 12.0 Å². The van der Waals surface area contributed by atoms with Crippen LogP contribution >= 0.6 is 0 Å². The predicted octanol–water partition coefficient (Wildman–Crippen LogP) is 1.37. The average Bonchev–Trinajstić information content (AvgIpc) is 3.15. The highest BCUT2D eigenvalue weighted by atomic mass is 16.2. The summed E-state index contributed by atoms with van der Waals surface area (Å²) >= 11 is 0. The largest absolute Gasteiger partial charge is 0.322 e. The second-order valence-corrected chi connectivity index (χ2v) is 5.62. The van der Waals surface area contributed by atoms with E-state index in [2.05, 4.69) is 10.4 Å².